The molecule has 0 bridgehead atoms. The van der Waals surface area contributed by atoms with Crippen LogP contribution in [0, 0.1) is 17.8 Å². The Balaban J connectivity index is 2.44. The molecule has 0 aromatic heterocycles. The number of aldehydes is 1. The third-order valence-corrected chi connectivity index (χ3v) is 3.15. The monoisotopic (exact) mass is 170 g/mol. The lowest BCUT2D eigenvalue weighted by molar-refractivity contribution is -0.113. The van der Waals surface area contributed by atoms with Crippen LogP contribution in [0.15, 0.2) is 0 Å². The maximum atomic E-state index is 10.5. The molecule has 0 aromatic rings. The molecule has 0 saturated heterocycles. The van der Waals surface area contributed by atoms with Crippen LogP contribution in [0.1, 0.15) is 33.1 Å². The van der Waals surface area contributed by atoms with Crippen molar-refractivity contribution in [2.45, 2.75) is 39.2 Å². The lowest BCUT2D eigenvalue weighted by atomic mass is 9.76. The number of aliphatic hydroxyl groups excluding tert-OH is 1. The Morgan fingerprint density at radius 2 is 2.17 bits per heavy atom. The van der Waals surface area contributed by atoms with E-state index in [-0.39, 0.29) is 12.0 Å². The van der Waals surface area contributed by atoms with Crippen LogP contribution in [0.4, 0.5) is 0 Å². The van der Waals surface area contributed by atoms with Gasteiger partial charge >= 0.3 is 0 Å². The van der Waals surface area contributed by atoms with Gasteiger partial charge in [-0.25, -0.2) is 0 Å². The van der Waals surface area contributed by atoms with Gasteiger partial charge in [0.15, 0.2) is 0 Å². The molecule has 0 aromatic carbocycles. The van der Waals surface area contributed by atoms with Crippen molar-refractivity contribution >= 4 is 6.29 Å². The first-order valence-electron chi connectivity index (χ1n) is 4.78. The molecule has 12 heavy (non-hydrogen) atoms. The summed E-state index contributed by atoms with van der Waals surface area (Å²) in [7, 11) is 0. The highest BCUT2D eigenvalue weighted by molar-refractivity contribution is 5.53. The Labute approximate surface area is 74.0 Å². The van der Waals surface area contributed by atoms with Gasteiger partial charge in [0.05, 0.1) is 6.10 Å². The third-order valence-electron chi connectivity index (χ3n) is 3.15. The van der Waals surface area contributed by atoms with Crippen molar-refractivity contribution < 1.29 is 9.90 Å². The van der Waals surface area contributed by atoms with Gasteiger partial charge in [-0.1, -0.05) is 13.8 Å². The fourth-order valence-corrected chi connectivity index (χ4v) is 1.92. The van der Waals surface area contributed by atoms with Crippen molar-refractivity contribution in [1.29, 1.82) is 0 Å². The SMILES string of the molecule is CC(C=O)C1CCC(C)C(O)C1. The largest absolute Gasteiger partial charge is 0.393 e. The van der Waals surface area contributed by atoms with Crippen molar-refractivity contribution in [3.8, 4) is 0 Å². The molecule has 0 heterocycles. The quantitative estimate of drug-likeness (QED) is 0.639. The minimum absolute atomic E-state index is 0.118. The molecular weight excluding hydrogens is 152 g/mol. The normalized spacial score (nSPS) is 39.1. The Morgan fingerprint density at radius 1 is 1.50 bits per heavy atom. The summed E-state index contributed by atoms with van der Waals surface area (Å²) in [5, 5.41) is 9.58. The maximum Gasteiger partial charge on any atom is 0.123 e. The second-order valence-electron chi connectivity index (χ2n) is 4.11. The predicted molar refractivity (Wildman–Crippen MR) is 47.7 cm³/mol. The Kier molecular flexibility index (Phi) is 3.27. The minimum Gasteiger partial charge on any atom is -0.393 e. The molecule has 4 unspecified atom stereocenters. The van der Waals surface area contributed by atoms with Crippen LogP contribution in [-0.4, -0.2) is 17.5 Å². The number of carbonyl (C=O) groups is 1. The first-order chi connectivity index (χ1) is 5.65. The van der Waals surface area contributed by atoms with E-state index in [0.717, 1.165) is 25.5 Å². The first-order valence-corrected chi connectivity index (χ1v) is 4.78. The highest BCUT2D eigenvalue weighted by atomic mass is 16.3. The summed E-state index contributed by atoms with van der Waals surface area (Å²) in [6, 6.07) is 0. The second kappa shape index (κ2) is 4.04. The smallest absolute Gasteiger partial charge is 0.123 e. The van der Waals surface area contributed by atoms with Crippen LogP contribution >= 0.6 is 0 Å². The van der Waals surface area contributed by atoms with Gasteiger partial charge in [-0.05, 0) is 31.1 Å². The van der Waals surface area contributed by atoms with Gasteiger partial charge in [-0.15, -0.1) is 0 Å². The number of carbonyl (C=O) groups excluding carboxylic acids is 1. The summed E-state index contributed by atoms with van der Waals surface area (Å²) >= 11 is 0. The minimum atomic E-state index is -0.189. The molecule has 0 aliphatic heterocycles. The second-order valence-corrected chi connectivity index (χ2v) is 4.11. The summed E-state index contributed by atoms with van der Waals surface area (Å²) < 4.78 is 0. The first kappa shape index (κ1) is 9.72. The Hall–Kier alpha value is -0.370. The highest BCUT2D eigenvalue weighted by Gasteiger charge is 2.28. The van der Waals surface area contributed by atoms with Crippen LogP contribution < -0.4 is 0 Å². The van der Waals surface area contributed by atoms with Gasteiger partial charge in [0.25, 0.3) is 0 Å². The zero-order chi connectivity index (χ0) is 9.14. The van der Waals surface area contributed by atoms with Crippen molar-refractivity contribution in [3.63, 3.8) is 0 Å². The molecule has 70 valence electrons. The molecule has 4 atom stereocenters. The topological polar surface area (TPSA) is 37.3 Å². The standard InChI is InChI=1S/C10H18O2/c1-7-3-4-9(5-10(7)12)8(2)6-11/h6-10,12H,3-5H2,1-2H3. The Bertz CT molecular complexity index is 156. The number of hydrogen-bond acceptors (Lipinski definition) is 2. The maximum absolute atomic E-state index is 10.5. The predicted octanol–water partition coefficient (Wildman–Crippen LogP) is 1.62. The molecule has 0 spiro atoms. The van der Waals surface area contributed by atoms with E-state index in [1.165, 1.54) is 0 Å². The summed E-state index contributed by atoms with van der Waals surface area (Å²) in [4.78, 5) is 10.5. The van der Waals surface area contributed by atoms with E-state index < -0.39 is 0 Å². The summed E-state index contributed by atoms with van der Waals surface area (Å²) in [6.07, 6.45) is 3.78. The molecule has 1 N–H and O–H groups in total. The fourth-order valence-electron chi connectivity index (χ4n) is 1.92. The molecule has 0 amide bonds. The van der Waals surface area contributed by atoms with Gasteiger partial charge in [0.1, 0.15) is 6.29 Å². The molecule has 1 saturated carbocycles. The zero-order valence-electron chi connectivity index (χ0n) is 7.86. The van der Waals surface area contributed by atoms with Gasteiger partial charge in [-0.2, -0.15) is 0 Å². The molecular formula is C10H18O2. The van der Waals surface area contributed by atoms with E-state index in [1.54, 1.807) is 0 Å². The lowest BCUT2D eigenvalue weighted by Gasteiger charge is -2.32. The van der Waals surface area contributed by atoms with Crippen LogP contribution in [0.2, 0.25) is 0 Å². The van der Waals surface area contributed by atoms with Gasteiger partial charge in [0, 0.05) is 5.92 Å². The number of aliphatic hydroxyl groups is 1. The average Bonchev–Trinajstić information content (AvgIpc) is 2.08. The van der Waals surface area contributed by atoms with Crippen molar-refractivity contribution in [1.82, 2.24) is 0 Å². The summed E-state index contributed by atoms with van der Waals surface area (Å²) in [5.41, 5.74) is 0. The van der Waals surface area contributed by atoms with E-state index in [2.05, 4.69) is 6.92 Å². The summed E-state index contributed by atoms with van der Waals surface area (Å²) in [5.74, 6) is 0.945. The fraction of sp³-hybridized carbons (Fsp3) is 0.900. The van der Waals surface area contributed by atoms with Crippen molar-refractivity contribution in [2.75, 3.05) is 0 Å². The van der Waals surface area contributed by atoms with Crippen molar-refractivity contribution in [3.05, 3.63) is 0 Å². The van der Waals surface area contributed by atoms with Crippen LogP contribution in [-0.2, 0) is 4.79 Å². The Morgan fingerprint density at radius 3 is 2.67 bits per heavy atom. The molecule has 1 rings (SSSR count). The molecule has 0 radical (unpaired) electrons. The summed E-state index contributed by atoms with van der Waals surface area (Å²) in [6.45, 7) is 4.02. The van der Waals surface area contributed by atoms with Crippen LogP contribution in [0.3, 0.4) is 0 Å². The highest BCUT2D eigenvalue weighted by Crippen LogP contribution is 2.32. The van der Waals surface area contributed by atoms with Gasteiger partial charge in [-0.3, -0.25) is 0 Å². The molecule has 2 heteroatoms. The van der Waals surface area contributed by atoms with Gasteiger partial charge in [0.2, 0.25) is 0 Å². The van der Waals surface area contributed by atoms with E-state index in [1.807, 2.05) is 6.92 Å². The van der Waals surface area contributed by atoms with E-state index in [9.17, 15) is 9.90 Å². The van der Waals surface area contributed by atoms with Crippen molar-refractivity contribution in [2.24, 2.45) is 17.8 Å². The van der Waals surface area contributed by atoms with Gasteiger partial charge < -0.3 is 9.90 Å². The molecule has 1 aliphatic rings. The molecule has 2 nitrogen and oxygen atoms in total. The van der Waals surface area contributed by atoms with E-state index in [0.29, 0.717) is 11.8 Å². The van der Waals surface area contributed by atoms with E-state index in [4.69, 9.17) is 0 Å². The van der Waals surface area contributed by atoms with Crippen LogP contribution in [0.25, 0.3) is 0 Å². The lowest BCUT2D eigenvalue weighted by Crippen LogP contribution is -2.30. The molecule has 1 aliphatic carbocycles. The van der Waals surface area contributed by atoms with E-state index >= 15 is 0 Å². The van der Waals surface area contributed by atoms with Crippen LogP contribution in [0.5, 0.6) is 0 Å². The number of rotatable bonds is 2. The third kappa shape index (κ3) is 2.07. The molecule has 1 fully saturated rings. The average molecular weight is 170 g/mol. The number of hydrogen-bond donors (Lipinski definition) is 1. The zero-order valence-corrected chi connectivity index (χ0v) is 7.86.